The molecule has 0 radical (unpaired) electrons. The first-order valence-electron chi connectivity index (χ1n) is 10.9. The first-order valence-corrected chi connectivity index (χ1v) is 10.9. The number of carbonyl (C=O) groups is 1. The Labute approximate surface area is 169 Å². The van der Waals surface area contributed by atoms with Crippen molar-refractivity contribution in [3.8, 4) is 6.07 Å². The number of aryl methyl sites for hydroxylation is 1. The van der Waals surface area contributed by atoms with E-state index in [1.165, 1.54) is 37.1 Å². The molecule has 1 heterocycles. The molecule has 2 fully saturated rings. The number of hydrogen-bond acceptors (Lipinski definition) is 4. The number of anilines is 1. The van der Waals surface area contributed by atoms with Crippen molar-refractivity contribution >= 4 is 11.6 Å². The van der Waals surface area contributed by atoms with Gasteiger partial charge in [-0.15, -0.1) is 0 Å². The third-order valence-corrected chi connectivity index (χ3v) is 6.36. The van der Waals surface area contributed by atoms with Crippen LogP contribution in [0.3, 0.4) is 0 Å². The van der Waals surface area contributed by atoms with Crippen LogP contribution in [-0.2, 0) is 11.2 Å². The molecule has 0 aromatic heterocycles. The first-order chi connectivity index (χ1) is 13.7. The fourth-order valence-corrected chi connectivity index (χ4v) is 4.51. The van der Waals surface area contributed by atoms with E-state index < -0.39 is 0 Å². The van der Waals surface area contributed by atoms with Crippen molar-refractivity contribution in [1.29, 1.82) is 5.26 Å². The van der Waals surface area contributed by atoms with E-state index in [-0.39, 0.29) is 18.4 Å². The fraction of sp³-hybridized carbons (Fsp3) is 0.652. The van der Waals surface area contributed by atoms with Crippen molar-refractivity contribution in [3.63, 3.8) is 0 Å². The second-order valence-corrected chi connectivity index (χ2v) is 8.26. The maximum atomic E-state index is 11.5. The highest BCUT2D eigenvalue weighted by molar-refractivity contribution is 5.78. The van der Waals surface area contributed by atoms with Crippen LogP contribution in [-0.4, -0.2) is 49.6 Å². The molecule has 0 spiro atoms. The average molecular weight is 383 g/mol. The van der Waals surface area contributed by atoms with Gasteiger partial charge in [0.1, 0.15) is 6.42 Å². The van der Waals surface area contributed by atoms with E-state index in [2.05, 4.69) is 46.3 Å². The van der Waals surface area contributed by atoms with Crippen LogP contribution >= 0.6 is 0 Å². The maximum Gasteiger partial charge on any atom is 0.234 e. The second kappa shape index (κ2) is 10.5. The molecule has 3 rings (SSSR count). The Kier molecular flexibility index (Phi) is 7.73. The smallest absolute Gasteiger partial charge is 0.234 e. The Morgan fingerprint density at radius 3 is 2.61 bits per heavy atom. The molecule has 0 unspecified atom stereocenters. The van der Waals surface area contributed by atoms with Crippen LogP contribution in [0.5, 0.6) is 0 Å². The highest BCUT2D eigenvalue weighted by Crippen LogP contribution is 2.27. The SMILES string of the molecule is CCc1cccc(N2CCN(CCC3CCC(NC(=O)CC#N)CC3)CC2)c1. The Hall–Kier alpha value is -2.06. The molecular formula is C23H34N4O. The van der Waals surface area contributed by atoms with E-state index in [1.807, 2.05) is 6.07 Å². The molecule has 5 heteroatoms. The molecule has 0 atom stereocenters. The minimum atomic E-state index is -0.117. The minimum absolute atomic E-state index is 0.0192. The predicted octanol–water partition coefficient (Wildman–Crippen LogP) is 3.35. The molecule has 5 nitrogen and oxygen atoms in total. The molecule has 1 aliphatic carbocycles. The van der Waals surface area contributed by atoms with Gasteiger partial charge in [0.2, 0.25) is 5.91 Å². The number of nitriles is 1. The summed E-state index contributed by atoms with van der Waals surface area (Å²) in [7, 11) is 0. The van der Waals surface area contributed by atoms with Gasteiger partial charge in [0.15, 0.2) is 0 Å². The summed E-state index contributed by atoms with van der Waals surface area (Å²) in [4.78, 5) is 16.7. The Balaban J connectivity index is 1.34. The molecule has 0 bridgehead atoms. The summed E-state index contributed by atoms with van der Waals surface area (Å²) in [5, 5.41) is 11.6. The van der Waals surface area contributed by atoms with E-state index in [9.17, 15) is 4.79 Å². The van der Waals surface area contributed by atoms with Gasteiger partial charge < -0.3 is 10.2 Å². The molecule has 1 amide bonds. The van der Waals surface area contributed by atoms with Crippen LogP contribution in [0.4, 0.5) is 5.69 Å². The van der Waals surface area contributed by atoms with Gasteiger partial charge in [-0.05, 0) is 68.7 Å². The van der Waals surface area contributed by atoms with Crippen LogP contribution in [0.1, 0.15) is 51.0 Å². The molecule has 1 aromatic carbocycles. The van der Waals surface area contributed by atoms with Crippen LogP contribution in [0.25, 0.3) is 0 Å². The van der Waals surface area contributed by atoms with Crippen molar-refractivity contribution in [2.45, 2.75) is 57.9 Å². The summed E-state index contributed by atoms with van der Waals surface area (Å²) in [5.74, 6) is 0.664. The fourth-order valence-electron chi connectivity index (χ4n) is 4.51. The number of rotatable bonds is 7. The zero-order valence-electron chi connectivity index (χ0n) is 17.2. The molecule has 1 aromatic rings. The van der Waals surface area contributed by atoms with E-state index in [4.69, 9.17) is 5.26 Å². The summed E-state index contributed by atoms with van der Waals surface area (Å²) in [6.45, 7) is 7.94. The standard InChI is InChI=1S/C23H34N4O/c1-2-19-4-3-5-22(18-19)27-16-14-26(15-17-27)13-11-20-6-8-21(9-7-20)25-23(28)10-12-24/h3-5,18,20-21H,2,6-11,13-17H2,1H3,(H,25,28). The van der Waals surface area contributed by atoms with Gasteiger partial charge in [0.25, 0.3) is 0 Å². The molecule has 1 aliphatic heterocycles. The normalized spacial score (nSPS) is 23.2. The van der Waals surface area contributed by atoms with Gasteiger partial charge in [0.05, 0.1) is 6.07 Å². The predicted molar refractivity (Wildman–Crippen MR) is 113 cm³/mol. The second-order valence-electron chi connectivity index (χ2n) is 8.26. The molecule has 1 N–H and O–H groups in total. The van der Waals surface area contributed by atoms with Gasteiger partial charge >= 0.3 is 0 Å². The molecule has 152 valence electrons. The highest BCUT2D eigenvalue weighted by Gasteiger charge is 2.24. The summed E-state index contributed by atoms with van der Waals surface area (Å²) >= 11 is 0. The third kappa shape index (κ3) is 5.97. The number of carbonyl (C=O) groups excluding carboxylic acids is 1. The molecule has 28 heavy (non-hydrogen) atoms. The summed E-state index contributed by atoms with van der Waals surface area (Å²) in [6, 6.07) is 11.2. The van der Waals surface area contributed by atoms with Gasteiger partial charge in [-0.2, -0.15) is 5.26 Å². The Morgan fingerprint density at radius 2 is 1.93 bits per heavy atom. The first kappa shape index (κ1) is 20.7. The van der Waals surface area contributed by atoms with Crippen molar-refractivity contribution in [2.75, 3.05) is 37.6 Å². The molecule has 1 saturated heterocycles. The van der Waals surface area contributed by atoms with Crippen LogP contribution in [0.2, 0.25) is 0 Å². The van der Waals surface area contributed by atoms with Crippen LogP contribution < -0.4 is 10.2 Å². The lowest BCUT2D eigenvalue weighted by atomic mass is 9.84. The van der Waals surface area contributed by atoms with Crippen molar-refractivity contribution < 1.29 is 4.79 Å². The number of hydrogen-bond donors (Lipinski definition) is 1. The van der Waals surface area contributed by atoms with Crippen LogP contribution in [0, 0.1) is 17.2 Å². The topological polar surface area (TPSA) is 59.4 Å². The van der Waals surface area contributed by atoms with Gasteiger partial charge in [-0.1, -0.05) is 19.1 Å². The number of amides is 1. The average Bonchev–Trinajstić information content (AvgIpc) is 2.74. The van der Waals surface area contributed by atoms with Crippen molar-refractivity contribution in [1.82, 2.24) is 10.2 Å². The third-order valence-electron chi connectivity index (χ3n) is 6.36. The lowest BCUT2D eigenvalue weighted by Crippen LogP contribution is -2.47. The summed E-state index contributed by atoms with van der Waals surface area (Å²) < 4.78 is 0. The highest BCUT2D eigenvalue weighted by atomic mass is 16.1. The number of benzene rings is 1. The zero-order valence-corrected chi connectivity index (χ0v) is 17.2. The summed E-state index contributed by atoms with van der Waals surface area (Å²) in [6.07, 6.45) is 6.85. The minimum Gasteiger partial charge on any atom is -0.369 e. The number of piperazine rings is 1. The largest absolute Gasteiger partial charge is 0.369 e. The number of nitrogens with one attached hydrogen (secondary N) is 1. The monoisotopic (exact) mass is 382 g/mol. The van der Waals surface area contributed by atoms with Crippen LogP contribution in [0.15, 0.2) is 24.3 Å². The van der Waals surface area contributed by atoms with Gasteiger partial charge in [-0.3, -0.25) is 9.69 Å². The molecular weight excluding hydrogens is 348 g/mol. The van der Waals surface area contributed by atoms with E-state index >= 15 is 0 Å². The number of nitrogens with zero attached hydrogens (tertiary/aromatic N) is 3. The lowest BCUT2D eigenvalue weighted by molar-refractivity contribution is -0.121. The van der Waals surface area contributed by atoms with Crippen molar-refractivity contribution in [2.24, 2.45) is 5.92 Å². The van der Waals surface area contributed by atoms with E-state index in [1.54, 1.807) is 0 Å². The lowest BCUT2D eigenvalue weighted by Gasteiger charge is -2.37. The van der Waals surface area contributed by atoms with E-state index in [0.29, 0.717) is 0 Å². The van der Waals surface area contributed by atoms with Crippen molar-refractivity contribution in [3.05, 3.63) is 29.8 Å². The Bertz CT molecular complexity index is 667. The maximum absolute atomic E-state index is 11.5. The summed E-state index contributed by atoms with van der Waals surface area (Å²) in [5.41, 5.74) is 2.79. The van der Waals surface area contributed by atoms with E-state index in [0.717, 1.165) is 51.4 Å². The Morgan fingerprint density at radius 1 is 1.18 bits per heavy atom. The zero-order chi connectivity index (χ0) is 19.8. The molecule has 1 saturated carbocycles. The molecule has 2 aliphatic rings. The van der Waals surface area contributed by atoms with Gasteiger partial charge in [-0.25, -0.2) is 0 Å². The quantitative estimate of drug-likeness (QED) is 0.786. The van der Waals surface area contributed by atoms with Gasteiger partial charge in [0, 0.05) is 37.9 Å².